The Balaban J connectivity index is 1.64. The van der Waals surface area contributed by atoms with E-state index in [2.05, 4.69) is 41.5 Å². The van der Waals surface area contributed by atoms with Crippen LogP contribution in [0.2, 0.25) is 0 Å². The van der Waals surface area contributed by atoms with Crippen LogP contribution in [0.15, 0.2) is 70.3 Å². The molecule has 0 aliphatic heterocycles. The molecular weight excluding hydrogens is 500 g/mol. The molecule has 4 aromatic rings. The standard InChI is InChI=1S/C24H23BrN6OS/c1-15-13-16(2)27-24(26-15)33-14-21-22(23(32)28-17(3)18-7-5-4-6-8-18)29-30-31(21)20-11-9-19(25)10-12-20/h4-13,17H,14H2,1-3H3,(H,28,32). The minimum Gasteiger partial charge on any atom is -0.344 e. The highest BCUT2D eigenvalue weighted by Crippen LogP contribution is 2.25. The van der Waals surface area contributed by atoms with E-state index in [1.807, 2.05) is 81.4 Å². The zero-order chi connectivity index (χ0) is 23.4. The fourth-order valence-corrected chi connectivity index (χ4v) is 4.58. The van der Waals surface area contributed by atoms with Gasteiger partial charge in [-0.15, -0.1) is 5.10 Å². The van der Waals surface area contributed by atoms with Crippen LogP contribution >= 0.6 is 27.7 Å². The number of thioether (sulfide) groups is 1. The van der Waals surface area contributed by atoms with Crippen LogP contribution in [0.25, 0.3) is 5.69 Å². The lowest BCUT2D eigenvalue weighted by atomic mass is 10.1. The maximum atomic E-state index is 13.2. The Bertz CT molecular complexity index is 1240. The zero-order valence-electron chi connectivity index (χ0n) is 18.5. The van der Waals surface area contributed by atoms with Crippen molar-refractivity contribution in [2.24, 2.45) is 0 Å². The van der Waals surface area contributed by atoms with Gasteiger partial charge in [-0.3, -0.25) is 4.79 Å². The summed E-state index contributed by atoms with van der Waals surface area (Å²) in [5, 5.41) is 12.2. The second-order valence-electron chi connectivity index (χ2n) is 7.60. The molecule has 33 heavy (non-hydrogen) atoms. The minimum absolute atomic E-state index is 0.167. The van der Waals surface area contributed by atoms with Crippen molar-refractivity contribution in [1.82, 2.24) is 30.3 Å². The van der Waals surface area contributed by atoms with Gasteiger partial charge in [-0.2, -0.15) is 0 Å². The molecule has 1 atom stereocenters. The lowest BCUT2D eigenvalue weighted by Crippen LogP contribution is -2.28. The van der Waals surface area contributed by atoms with Crippen LogP contribution in [0.4, 0.5) is 0 Å². The first-order chi connectivity index (χ1) is 15.9. The predicted molar refractivity (Wildman–Crippen MR) is 132 cm³/mol. The smallest absolute Gasteiger partial charge is 0.274 e. The van der Waals surface area contributed by atoms with Crippen LogP contribution in [0.3, 0.4) is 0 Å². The molecule has 4 rings (SSSR count). The van der Waals surface area contributed by atoms with E-state index in [1.54, 1.807) is 4.68 Å². The molecule has 0 spiro atoms. The first-order valence-electron chi connectivity index (χ1n) is 10.4. The molecular formula is C24H23BrN6OS. The van der Waals surface area contributed by atoms with E-state index >= 15 is 0 Å². The van der Waals surface area contributed by atoms with Crippen LogP contribution < -0.4 is 5.32 Å². The normalized spacial score (nSPS) is 11.9. The molecule has 168 valence electrons. The molecule has 0 saturated carbocycles. The Morgan fingerprint density at radius 2 is 1.73 bits per heavy atom. The second kappa shape index (κ2) is 10.3. The molecule has 0 radical (unpaired) electrons. The third-order valence-corrected chi connectivity index (χ3v) is 6.38. The topological polar surface area (TPSA) is 85.6 Å². The van der Waals surface area contributed by atoms with Crippen molar-refractivity contribution in [2.75, 3.05) is 0 Å². The maximum Gasteiger partial charge on any atom is 0.274 e. The fraction of sp³-hybridized carbons (Fsp3) is 0.208. The number of rotatable bonds is 7. The predicted octanol–water partition coefficient (Wildman–Crippen LogP) is 5.22. The van der Waals surface area contributed by atoms with Crippen molar-refractivity contribution in [2.45, 2.75) is 37.7 Å². The lowest BCUT2D eigenvalue weighted by Gasteiger charge is -2.14. The minimum atomic E-state index is -0.272. The molecule has 2 aromatic heterocycles. The van der Waals surface area contributed by atoms with Gasteiger partial charge in [-0.1, -0.05) is 63.2 Å². The van der Waals surface area contributed by atoms with E-state index in [4.69, 9.17) is 0 Å². The summed E-state index contributed by atoms with van der Waals surface area (Å²) in [7, 11) is 0. The monoisotopic (exact) mass is 522 g/mol. The number of hydrogen-bond donors (Lipinski definition) is 1. The summed E-state index contributed by atoms with van der Waals surface area (Å²) in [5.41, 5.74) is 4.61. The van der Waals surface area contributed by atoms with Crippen LogP contribution in [0, 0.1) is 13.8 Å². The van der Waals surface area contributed by atoms with Crippen molar-refractivity contribution in [3.05, 3.63) is 93.5 Å². The highest BCUT2D eigenvalue weighted by molar-refractivity contribution is 9.10. The molecule has 0 aliphatic carbocycles. The molecule has 1 N–H and O–H groups in total. The Morgan fingerprint density at radius 3 is 2.39 bits per heavy atom. The fourth-order valence-electron chi connectivity index (χ4n) is 3.38. The average Bonchev–Trinajstić information content (AvgIpc) is 3.22. The average molecular weight is 523 g/mol. The number of carbonyl (C=O) groups is 1. The molecule has 2 heterocycles. The Morgan fingerprint density at radius 1 is 1.06 bits per heavy atom. The molecule has 0 bridgehead atoms. The molecule has 1 amide bonds. The number of hydrogen-bond acceptors (Lipinski definition) is 6. The van der Waals surface area contributed by atoms with Gasteiger partial charge in [0.25, 0.3) is 5.91 Å². The Kier molecular flexibility index (Phi) is 7.20. The van der Waals surface area contributed by atoms with Gasteiger partial charge < -0.3 is 5.32 Å². The summed E-state index contributed by atoms with van der Waals surface area (Å²) in [6, 6.07) is 19.3. The molecule has 1 unspecified atom stereocenters. The second-order valence-corrected chi connectivity index (χ2v) is 9.46. The lowest BCUT2D eigenvalue weighted by molar-refractivity contribution is 0.0934. The highest BCUT2D eigenvalue weighted by atomic mass is 79.9. The van der Waals surface area contributed by atoms with E-state index in [0.717, 1.165) is 27.1 Å². The number of carbonyl (C=O) groups excluding carboxylic acids is 1. The van der Waals surface area contributed by atoms with E-state index < -0.39 is 0 Å². The summed E-state index contributed by atoms with van der Waals surface area (Å²) in [5.74, 6) is 0.167. The van der Waals surface area contributed by atoms with Gasteiger partial charge in [0, 0.05) is 21.6 Å². The van der Waals surface area contributed by atoms with Crippen LogP contribution in [0.5, 0.6) is 0 Å². The number of aryl methyl sites for hydroxylation is 2. The van der Waals surface area contributed by atoms with Crippen molar-refractivity contribution in [3.8, 4) is 5.69 Å². The van der Waals surface area contributed by atoms with E-state index in [9.17, 15) is 4.79 Å². The number of halogens is 1. The van der Waals surface area contributed by atoms with E-state index in [0.29, 0.717) is 16.6 Å². The van der Waals surface area contributed by atoms with Gasteiger partial charge in [-0.05, 0) is 56.7 Å². The number of amides is 1. The number of nitrogens with one attached hydrogen (secondary N) is 1. The van der Waals surface area contributed by atoms with Gasteiger partial charge in [-0.25, -0.2) is 14.6 Å². The summed E-state index contributed by atoms with van der Waals surface area (Å²) in [4.78, 5) is 22.2. The summed E-state index contributed by atoms with van der Waals surface area (Å²) >= 11 is 4.91. The van der Waals surface area contributed by atoms with Crippen molar-refractivity contribution in [3.63, 3.8) is 0 Å². The summed E-state index contributed by atoms with van der Waals surface area (Å²) < 4.78 is 2.66. The van der Waals surface area contributed by atoms with Crippen LogP contribution in [-0.2, 0) is 5.75 Å². The SMILES string of the molecule is Cc1cc(C)nc(SCc2c(C(=O)NC(C)c3ccccc3)nnn2-c2ccc(Br)cc2)n1. The van der Waals surface area contributed by atoms with Crippen molar-refractivity contribution >= 4 is 33.6 Å². The first-order valence-corrected chi connectivity index (χ1v) is 12.2. The third-order valence-electron chi connectivity index (χ3n) is 5.00. The van der Waals surface area contributed by atoms with Gasteiger partial charge in [0.05, 0.1) is 17.4 Å². The number of aromatic nitrogens is 5. The first kappa shape index (κ1) is 23.1. The summed E-state index contributed by atoms with van der Waals surface area (Å²) in [6.45, 7) is 5.83. The van der Waals surface area contributed by atoms with Crippen molar-refractivity contribution in [1.29, 1.82) is 0 Å². The Labute approximate surface area is 205 Å². The maximum absolute atomic E-state index is 13.2. The highest BCUT2D eigenvalue weighted by Gasteiger charge is 2.23. The zero-order valence-corrected chi connectivity index (χ0v) is 20.9. The van der Waals surface area contributed by atoms with Gasteiger partial charge >= 0.3 is 0 Å². The third kappa shape index (κ3) is 5.66. The van der Waals surface area contributed by atoms with Crippen LogP contribution in [-0.4, -0.2) is 30.9 Å². The quantitative estimate of drug-likeness (QED) is 0.264. The van der Waals surface area contributed by atoms with Gasteiger partial charge in [0.1, 0.15) is 0 Å². The van der Waals surface area contributed by atoms with Crippen LogP contribution in [0.1, 0.15) is 46.1 Å². The van der Waals surface area contributed by atoms with Gasteiger partial charge in [0.15, 0.2) is 10.9 Å². The molecule has 0 saturated heterocycles. The largest absolute Gasteiger partial charge is 0.344 e. The molecule has 7 nitrogen and oxygen atoms in total. The molecule has 0 aliphatic rings. The van der Waals surface area contributed by atoms with Gasteiger partial charge in [0.2, 0.25) is 0 Å². The molecule has 0 fully saturated rings. The summed E-state index contributed by atoms with van der Waals surface area (Å²) in [6.07, 6.45) is 0. The molecule has 2 aromatic carbocycles. The van der Waals surface area contributed by atoms with Crippen molar-refractivity contribution < 1.29 is 4.79 Å². The Hall–Kier alpha value is -3.04. The van der Waals surface area contributed by atoms with E-state index in [-0.39, 0.29) is 17.6 Å². The molecule has 9 heteroatoms. The number of benzene rings is 2. The number of nitrogens with zero attached hydrogens (tertiary/aromatic N) is 5. The van der Waals surface area contributed by atoms with E-state index in [1.165, 1.54) is 11.8 Å².